The van der Waals surface area contributed by atoms with E-state index < -0.39 is 0 Å². The Morgan fingerprint density at radius 3 is 2.90 bits per heavy atom. The Balaban J connectivity index is 1.43. The number of nitrogens with one attached hydrogen (secondary N) is 1. The molecule has 1 N–H and O–H groups in total. The summed E-state index contributed by atoms with van der Waals surface area (Å²) in [4.78, 5) is 15.3. The number of likely N-dealkylation sites (tertiary alicyclic amines) is 1. The topological polar surface area (TPSA) is 67.2 Å². The van der Waals surface area contributed by atoms with Crippen molar-refractivity contribution in [1.29, 1.82) is 0 Å². The van der Waals surface area contributed by atoms with E-state index >= 15 is 0 Å². The van der Waals surface area contributed by atoms with Crippen molar-refractivity contribution in [2.75, 3.05) is 13.7 Å². The highest BCUT2D eigenvalue weighted by molar-refractivity contribution is 5.74. The molecule has 3 heterocycles. The van der Waals surface area contributed by atoms with E-state index in [9.17, 15) is 4.39 Å². The number of aryl methyl sites for hydroxylation is 1. The van der Waals surface area contributed by atoms with Crippen molar-refractivity contribution in [2.45, 2.75) is 38.8 Å². The van der Waals surface area contributed by atoms with Gasteiger partial charge in [-0.05, 0) is 56.6 Å². The minimum atomic E-state index is -0.383. The van der Waals surface area contributed by atoms with Gasteiger partial charge in [-0.15, -0.1) is 0 Å². The zero-order valence-electron chi connectivity index (χ0n) is 17.7. The van der Waals surface area contributed by atoms with Crippen LogP contribution in [0.4, 0.5) is 4.39 Å². The van der Waals surface area contributed by atoms with E-state index in [1.54, 1.807) is 19.2 Å². The number of imidazole rings is 1. The molecule has 31 heavy (non-hydrogen) atoms. The van der Waals surface area contributed by atoms with Gasteiger partial charge in [-0.25, -0.2) is 14.4 Å². The smallest absolute Gasteiger partial charge is 0.229 e. The van der Waals surface area contributed by atoms with Crippen molar-refractivity contribution in [3.05, 3.63) is 65.6 Å². The van der Waals surface area contributed by atoms with Crippen molar-refractivity contribution < 1.29 is 13.5 Å². The molecule has 160 valence electrons. The summed E-state index contributed by atoms with van der Waals surface area (Å²) >= 11 is 0. The molecule has 0 bridgehead atoms. The Kier molecular flexibility index (Phi) is 5.19. The number of halogens is 1. The molecular weight excluding hydrogens is 395 g/mol. The molecular formula is C24H25FN4O2. The van der Waals surface area contributed by atoms with Crippen LogP contribution in [-0.4, -0.2) is 33.5 Å². The van der Waals surface area contributed by atoms with E-state index in [1.165, 1.54) is 6.07 Å². The highest BCUT2D eigenvalue weighted by Gasteiger charge is 2.28. The monoisotopic (exact) mass is 420 g/mol. The van der Waals surface area contributed by atoms with Crippen LogP contribution in [0.1, 0.15) is 42.6 Å². The highest BCUT2D eigenvalue weighted by atomic mass is 19.1. The molecule has 1 aliphatic rings. The van der Waals surface area contributed by atoms with E-state index in [1.807, 2.05) is 25.1 Å². The summed E-state index contributed by atoms with van der Waals surface area (Å²) in [6, 6.07) is 12.9. The van der Waals surface area contributed by atoms with Crippen LogP contribution in [0.3, 0.4) is 0 Å². The summed E-state index contributed by atoms with van der Waals surface area (Å²) in [5, 5.41) is 0. The molecule has 6 nitrogen and oxygen atoms in total. The van der Waals surface area contributed by atoms with Gasteiger partial charge in [0.05, 0.1) is 35.4 Å². The maximum atomic E-state index is 14.4. The molecule has 4 aromatic rings. The van der Waals surface area contributed by atoms with E-state index in [-0.39, 0.29) is 17.7 Å². The predicted molar refractivity (Wildman–Crippen MR) is 116 cm³/mol. The maximum absolute atomic E-state index is 14.4. The number of oxazole rings is 1. The molecule has 1 saturated heterocycles. The number of piperidine rings is 1. The molecule has 0 saturated carbocycles. The Bertz CT molecular complexity index is 1180. The van der Waals surface area contributed by atoms with Gasteiger partial charge in [-0.3, -0.25) is 4.90 Å². The van der Waals surface area contributed by atoms with Crippen LogP contribution in [0.15, 0.2) is 46.9 Å². The zero-order valence-corrected chi connectivity index (χ0v) is 17.7. The minimum Gasteiger partial charge on any atom is -0.497 e. The third kappa shape index (κ3) is 3.81. The Hall–Kier alpha value is -3.19. The van der Waals surface area contributed by atoms with Gasteiger partial charge in [0.1, 0.15) is 23.2 Å². The van der Waals surface area contributed by atoms with Crippen LogP contribution in [-0.2, 0) is 6.54 Å². The average Bonchev–Trinajstić information content (AvgIpc) is 3.38. The van der Waals surface area contributed by atoms with Crippen molar-refractivity contribution in [1.82, 2.24) is 19.9 Å². The second-order valence-electron chi connectivity index (χ2n) is 7.99. The van der Waals surface area contributed by atoms with Gasteiger partial charge in [0.15, 0.2) is 0 Å². The number of aromatic amines is 1. The number of H-pyrrole nitrogens is 1. The molecule has 2 aromatic carbocycles. The van der Waals surface area contributed by atoms with Gasteiger partial charge in [-0.1, -0.05) is 18.6 Å². The summed E-state index contributed by atoms with van der Waals surface area (Å²) in [7, 11) is 1.55. The van der Waals surface area contributed by atoms with Gasteiger partial charge in [0, 0.05) is 6.54 Å². The number of hydrogen-bond donors (Lipinski definition) is 1. The van der Waals surface area contributed by atoms with E-state index in [0.29, 0.717) is 23.6 Å². The van der Waals surface area contributed by atoms with Crippen LogP contribution < -0.4 is 4.74 Å². The normalized spacial score (nSPS) is 17.3. The molecule has 1 unspecified atom stereocenters. The number of ether oxygens (including phenoxy) is 1. The van der Waals surface area contributed by atoms with Gasteiger partial charge in [0.25, 0.3) is 0 Å². The van der Waals surface area contributed by atoms with Crippen molar-refractivity contribution >= 4 is 11.0 Å². The summed E-state index contributed by atoms with van der Waals surface area (Å²) < 4.78 is 25.5. The van der Waals surface area contributed by atoms with E-state index in [2.05, 4.69) is 20.9 Å². The largest absolute Gasteiger partial charge is 0.497 e. The first-order chi connectivity index (χ1) is 15.1. The highest BCUT2D eigenvalue weighted by Crippen LogP contribution is 2.33. The molecule has 0 radical (unpaired) electrons. The number of rotatable bonds is 5. The van der Waals surface area contributed by atoms with Crippen LogP contribution in [0, 0.1) is 12.7 Å². The van der Waals surface area contributed by atoms with Gasteiger partial charge >= 0.3 is 0 Å². The van der Waals surface area contributed by atoms with Crippen molar-refractivity contribution in [3.63, 3.8) is 0 Å². The lowest BCUT2D eigenvalue weighted by atomic mass is 10.0. The summed E-state index contributed by atoms with van der Waals surface area (Å²) in [6.07, 6.45) is 3.33. The molecule has 0 spiro atoms. The standard InChI is InChI=1S/C24H25FN4O2/c1-15-21(28-24(31-15)17-13-16(30-2)10-11-18(17)25)14-29-12-6-5-9-22(29)23-26-19-7-3-4-8-20(19)27-23/h3-4,7-8,10-11,13,22H,5-6,9,12,14H2,1-2H3,(H,26,27). The number of nitrogens with zero attached hydrogens (tertiary/aromatic N) is 3. The SMILES string of the molecule is COc1ccc(F)c(-c2nc(CN3CCCCC3c3nc4ccccc4[nH]3)c(C)o2)c1. The molecule has 7 heteroatoms. The number of fused-ring (bicyclic) bond motifs is 1. The first-order valence-electron chi connectivity index (χ1n) is 10.6. The lowest BCUT2D eigenvalue weighted by Gasteiger charge is -2.34. The number of para-hydroxylation sites is 2. The summed E-state index contributed by atoms with van der Waals surface area (Å²) in [6.45, 7) is 3.46. The Morgan fingerprint density at radius 2 is 2.06 bits per heavy atom. The number of benzene rings is 2. The van der Waals surface area contributed by atoms with Gasteiger partial charge in [0.2, 0.25) is 5.89 Å². The second-order valence-corrected chi connectivity index (χ2v) is 7.99. The van der Waals surface area contributed by atoms with Crippen LogP contribution in [0.2, 0.25) is 0 Å². The number of aromatic nitrogens is 3. The molecule has 1 atom stereocenters. The van der Waals surface area contributed by atoms with E-state index in [4.69, 9.17) is 14.1 Å². The Labute approximate surface area is 180 Å². The summed E-state index contributed by atoms with van der Waals surface area (Å²) in [5.41, 5.74) is 3.16. The molecule has 5 rings (SSSR count). The average molecular weight is 420 g/mol. The minimum absolute atomic E-state index is 0.189. The third-order valence-corrected chi connectivity index (χ3v) is 5.99. The number of hydrogen-bond acceptors (Lipinski definition) is 5. The van der Waals surface area contributed by atoms with Crippen LogP contribution >= 0.6 is 0 Å². The lowest BCUT2D eigenvalue weighted by molar-refractivity contribution is 0.132. The lowest BCUT2D eigenvalue weighted by Crippen LogP contribution is -2.33. The Morgan fingerprint density at radius 1 is 1.19 bits per heavy atom. The van der Waals surface area contributed by atoms with Crippen LogP contribution in [0.5, 0.6) is 5.75 Å². The van der Waals surface area contributed by atoms with Gasteiger partial charge < -0.3 is 14.1 Å². The number of methoxy groups -OCH3 is 1. The summed E-state index contributed by atoms with van der Waals surface area (Å²) in [5.74, 6) is 2.15. The van der Waals surface area contributed by atoms with E-state index in [0.717, 1.165) is 48.4 Å². The molecule has 0 amide bonds. The van der Waals surface area contributed by atoms with Crippen molar-refractivity contribution in [2.24, 2.45) is 0 Å². The molecule has 0 aliphatic carbocycles. The molecule has 2 aromatic heterocycles. The maximum Gasteiger partial charge on any atom is 0.229 e. The fourth-order valence-corrected chi connectivity index (χ4v) is 4.30. The molecule has 1 aliphatic heterocycles. The fraction of sp³-hybridized carbons (Fsp3) is 0.333. The fourth-order valence-electron chi connectivity index (χ4n) is 4.30. The zero-order chi connectivity index (χ0) is 21.4. The first kappa shape index (κ1) is 19.8. The quantitative estimate of drug-likeness (QED) is 0.468. The second kappa shape index (κ2) is 8.15. The predicted octanol–water partition coefficient (Wildman–Crippen LogP) is 5.40. The molecule has 1 fully saturated rings. The van der Waals surface area contributed by atoms with Gasteiger partial charge in [-0.2, -0.15) is 0 Å². The first-order valence-corrected chi connectivity index (χ1v) is 10.6. The van der Waals surface area contributed by atoms with Crippen LogP contribution in [0.25, 0.3) is 22.5 Å². The van der Waals surface area contributed by atoms with Crippen molar-refractivity contribution in [3.8, 4) is 17.2 Å². The third-order valence-electron chi connectivity index (χ3n) is 5.99.